The molecule has 2 aromatic rings. The van der Waals surface area contributed by atoms with E-state index in [-0.39, 0.29) is 6.04 Å². The van der Waals surface area contributed by atoms with Crippen molar-refractivity contribution >= 4 is 15.9 Å². The molecule has 1 heterocycles. The maximum absolute atomic E-state index is 5.58. The average Bonchev–Trinajstić information content (AvgIpc) is 2.81. The summed E-state index contributed by atoms with van der Waals surface area (Å²) in [5.41, 5.74) is 2.70. The minimum atomic E-state index is 0.259. The van der Waals surface area contributed by atoms with Crippen molar-refractivity contribution in [3.8, 4) is 0 Å². The lowest BCUT2D eigenvalue weighted by molar-refractivity contribution is 0.399. The molecule has 0 radical (unpaired) electrons. The van der Waals surface area contributed by atoms with Crippen LogP contribution < -0.4 is 5.32 Å². The van der Waals surface area contributed by atoms with Crippen LogP contribution in [0.25, 0.3) is 0 Å². The molecular weight excluding hydrogens is 302 g/mol. The smallest absolute Gasteiger partial charge is 0.134 e. The van der Waals surface area contributed by atoms with Crippen molar-refractivity contribution in [3.05, 3.63) is 58.0 Å². The van der Waals surface area contributed by atoms with Crippen molar-refractivity contribution in [1.82, 2.24) is 5.32 Å². The van der Waals surface area contributed by atoms with E-state index in [4.69, 9.17) is 4.42 Å². The van der Waals surface area contributed by atoms with Gasteiger partial charge in [0.05, 0.1) is 16.8 Å². The van der Waals surface area contributed by atoms with Gasteiger partial charge in [0.25, 0.3) is 0 Å². The van der Waals surface area contributed by atoms with E-state index in [1.54, 1.807) is 6.26 Å². The van der Waals surface area contributed by atoms with Crippen LogP contribution in [0.15, 0.2) is 45.5 Å². The Morgan fingerprint density at radius 3 is 2.79 bits per heavy atom. The third-order valence-electron chi connectivity index (χ3n) is 3.22. The molecule has 2 nitrogen and oxygen atoms in total. The maximum atomic E-state index is 5.58. The summed E-state index contributed by atoms with van der Waals surface area (Å²) in [7, 11) is 0. The number of hydrogen-bond acceptors (Lipinski definition) is 2. The van der Waals surface area contributed by atoms with Crippen LogP contribution in [0.3, 0.4) is 0 Å². The predicted octanol–water partition coefficient (Wildman–Crippen LogP) is 4.63. The molecule has 0 bridgehead atoms. The van der Waals surface area contributed by atoms with Gasteiger partial charge in [-0.2, -0.15) is 0 Å². The van der Waals surface area contributed by atoms with E-state index in [9.17, 15) is 0 Å². The summed E-state index contributed by atoms with van der Waals surface area (Å²) in [6, 6.07) is 10.9. The molecule has 1 unspecified atom stereocenters. The molecule has 1 aromatic heterocycles. The Morgan fingerprint density at radius 1 is 1.32 bits per heavy atom. The average molecular weight is 322 g/mol. The highest BCUT2D eigenvalue weighted by molar-refractivity contribution is 9.10. The number of benzene rings is 1. The molecule has 0 spiro atoms. The van der Waals surface area contributed by atoms with Crippen LogP contribution in [0.5, 0.6) is 0 Å². The molecule has 1 N–H and O–H groups in total. The van der Waals surface area contributed by atoms with Crippen molar-refractivity contribution in [2.75, 3.05) is 6.54 Å². The minimum Gasteiger partial charge on any atom is -0.466 e. The van der Waals surface area contributed by atoms with Crippen LogP contribution in [0, 0.1) is 6.92 Å². The second kappa shape index (κ2) is 6.92. The van der Waals surface area contributed by atoms with Gasteiger partial charge in [0, 0.05) is 0 Å². The van der Waals surface area contributed by atoms with Gasteiger partial charge in [-0.15, -0.1) is 0 Å². The first-order valence-electron chi connectivity index (χ1n) is 6.72. The molecule has 0 aliphatic carbocycles. The van der Waals surface area contributed by atoms with Crippen molar-refractivity contribution in [1.29, 1.82) is 0 Å². The fourth-order valence-electron chi connectivity index (χ4n) is 2.30. The first-order valence-corrected chi connectivity index (χ1v) is 7.51. The van der Waals surface area contributed by atoms with Gasteiger partial charge < -0.3 is 9.73 Å². The first kappa shape index (κ1) is 14.4. The molecule has 1 aromatic carbocycles. The number of nitrogens with one attached hydrogen (secondary N) is 1. The Hall–Kier alpha value is -1.06. The molecule has 0 saturated heterocycles. The second-order valence-electron chi connectivity index (χ2n) is 4.77. The topological polar surface area (TPSA) is 25.2 Å². The highest BCUT2D eigenvalue weighted by atomic mass is 79.9. The summed E-state index contributed by atoms with van der Waals surface area (Å²) in [5.74, 6) is 0.995. The first-order chi connectivity index (χ1) is 9.20. The molecule has 0 aliphatic heterocycles. The van der Waals surface area contributed by atoms with E-state index in [0.29, 0.717) is 0 Å². The highest BCUT2D eigenvalue weighted by Gasteiger charge is 2.16. The summed E-state index contributed by atoms with van der Waals surface area (Å²) in [6.07, 6.45) is 3.81. The molecule has 0 aliphatic rings. The van der Waals surface area contributed by atoms with Gasteiger partial charge in [-0.1, -0.05) is 36.8 Å². The standard InChI is InChI=1S/C16H20BrNO/c1-3-18-15(16-14(17)9-10-19-16)8-7-13-6-4-5-12(2)11-13/h4-6,9-11,15,18H,3,7-8H2,1-2H3. The number of furan rings is 1. The lowest BCUT2D eigenvalue weighted by Crippen LogP contribution is -2.21. The van der Waals surface area contributed by atoms with Crippen molar-refractivity contribution < 1.29 is 4.42 Å². The summed E-state index contributed by atoms with van der Waals surface area (Å²) in [5, 5.41) is 3.49. The van der Waals surface area contributed by atoms with Crippen LogP contribution in [0.1, 0.15) is 36.3 Å². The van der Waals surface area contributed by atoms with E-state index in [0.717, 1.165) is 29.6 Å². The predicted molar refractivity (Wildman–Crippen MR) is 82.3 cm³/mol. The zero-order chi connectivity index (χ0) is 13.7. The number of aryl methyl sites for hydroxylation is 2. The largest absolute Gasteiger partial charge is 0.466 e. The SMILES string of the molecule is CCNC(CCc1cccc(C)c1)c1occc1Br. The number of halogens is 1. The zero-order valence-corrected chi connectivity index (χ0v) is 13.0. The quantitative estimate of drug-likeness (QED) is 0.838. The van der Waals surface area contributed by atoms with E-state index < -0.39 is 0 Å². The molecule has 0 amide bonds. The van der Waals surface area contributed by atoms with Crippen LogP contribution in [0.2, 0.25) is 0 Å². The van der Waals surface area contributed by atoms with Crippen LogP contribution in [-0.4, -0.2) is 6.54 Å². The Balaban J connectivity index is 2.04. The summed E-state index contributed by atoms with van der Waals surface area (Å²) in [4.78, 5) is 0. The highest BCUT2D eigenvalue weighted by Crippen LogP contribution is 2.27. The summed E-state index contributed by atoms with van der Waals surface area (Å²) in [6.45, 7) is 5.19. The minimum absolute atomic E-state index is 0.259. The van der Waals surface area contributed by atoms with Crippen LogP contribution in [0.4, 0.5) is 0 Å². The second-order valence-corrected chi connectivity index (χ2v) is 5.63. The van der Waals surface area contributed by atoms with Crippen LogP contribution >= 0.6 is 15.9 Å². The van der Waals surface area contributed by atoms with E-state index in [1.807, 2.05) is 6.07 Å². The molecule has 3 heteroatoms. The Labute approximate surface area is 123 Å². The van der Waals surface area contributed by atoms with E-state index in [2.05, 4.69) is 59.4 Å². The summed E-state index contributed by atoms with van der Waals surface area (Å²) >= 11 is 3.54. The van der Waals surface area contributed by atoms with Crippen molar-refractivity contribution in [3.63, 3.8) is 0 Å². The molecule has 2 rings (SSSR count). The van der Waals surface area contributed by atoms with Gasteiger partial charge in [-0.05, 0) is 53.9 Å². The molecule has 102 valence electrons. The van der Waals surface area contributed by atoms with Gasteiger partial charge >= 0.3 is 0 Å². The zero-order valence-electron chi connectivity index (χ0n) is 11.4. The molecule has 0 fully saturated rings. The van der Waals surface area contributed by atoms with Gasteiger partial charge in [-0.25, -0.2) is 0 Å². The number of rotatable bonds is 6. The normalized spacial score (nSPS) is 12.6. The third-order valence-corrected chi connectivity index (χ3v) is 3.87. The van der Waals surface area contributed by atoms with Gasteiger partial charge in [-0.3, -0.25) is 0 Å². The molecule has 1 atom stereocenters. The maximum Gasteiger partial charge on any atom is 0.134 e. The lowest BCUT2D eigenvalue weighted by Gasteiger charge is -2.16. The van der Waals surface area contributed by atoms with Gasteiger partial charge in [0.1, 0.15) is 5.76 Å². The molecule has 0 saturated carbocycles. The monoisotopic (exact) mass is 321 g/mol. The Kier molecular flexibility index (Phi) is 5.23. The lowest BCUT2D eigenvalue weighted by atomic mass is 10.0. The molecular formula is C16H20BrNO. The van der Waals surface area contributed by atoms with E-state index >= 15 is 0 Å². The molecule has 19 heavy (non-hydrogen) atoms. The third kappa shape index (κ3) is 3.95. The number of hydrogen-bond donors (Lipinski definition) is 1. The van der Waals surface area contributed by atoms with E-state index in [1.165, 1.54) is 11.1 Å². The van der Waals surface area contributed by atoms with Gasteiger partial charge in [0.2, 0.25) is 0 Å². The Morgan fingerprint density at radius 2 is 2.16 bits per heavy atom. The van der Waals surface area contributed by atoms with Crippen molar-refractivity contribution in [2.24, 2.45) is 0 Å². The fourth-order valence-corrected chi connectivity index (χ4v) is 2.78. The van der Waals surface area contributed by atoms with Gasteiger partial charge in [0.15, 0.2) is 0 Å². The van der Waals surface area contributed by atoms with Crippen molar-refractivity contribution in [2.45, 2.75) is 32.7 Å². The summed E-state index contributed by atoms with van der Waals surface area (Å²) < 4.78 is 6.63. The van der Waals surface area contributed by atoms with Crippen LogP contribution in [-0.2, 0) is 6.42 Å². The Bertz CT molecular complexity index is 521. The fraction of sp³-hybridized carbons (Fsp3) is 0.375.